The number of ether oxygens (including phenoxy) is 1. The van der Waals surface area contributed by atoms with Crippen LogP contribution in [0.25, 0.3) is 6.08 Å². The van der Waals surface area contributed by atoms with Gasteiger partial charge in [-0.05, 0) is 24.6 Å². The Labute approximate surface area is 154 Å². The van der Waals surface area contributed by atoms with Crippen LogP contribution in [-0.2, 0) is 19.6 Å². The summed E-state index contributed by atoms with van der Waals surface area (Å²) in [4.78, 5) is 12.1. The van der Waals surface area contributed by atoms with Gasteiger partial charge in [-0.3, -0.25) is 4.79 Å². The van der Waals surface area contributed by atoms with Gasteiger partial charge in [-0.25, -0.2) is 13.1 Å². The zero-order valence-electron chi connectivity index (χ0n) is 15.0. The summed E-state index contributed by atoms with van der Waals surface area (Å²) in [6.45, 7) is 3.51. The molecule has 1 N–H and O–H groups in total. The average Bonchev–Trinajstić information content (AvgIpc) is 2.65. The topological polar surface area (TPSA) is 72.5 Å². The number of methoxy groups -OCH3 is 1. The van der Waals surface area contributed by atoms with Crippen molar-refractivity contribution in [3.8, 4) is 0 Å². The molecule has 6 heteroatoms. The van der Waals surface area contributed by atoms with E-state index in [9.17, 15) is 13.2 Å². The Kier molecular flexibility index (Phi) is 6.71. The van der Waals surface area contributed by atoms with E-state index in [1.165, 1.54) is 7.11 Å². The van der Waals surface area contributed by atoms with Crippen LogP contribution in [-0.4, -0.2) is 27.5 Å². The van der Waals surface area contributed by atoms with E-state index >= 15 is 0 Å². The smallest absolute Gasteiger partial charge is 0.310 e. The van der Waals surface area contributed by atoms with Crippen LogP contribution in [0.15, 0.2) is 65.6 Å². The van der Waals surface area contributed by atoms with E-state index < -0.39 is 28.0 Å². The predicted octanol–water partition coefficient (Wildman–Crippen LogP) is 3.16. The number of sulfonamides is 1. The molecule has 0 radical (unpaired) electrons. The second-order valence-electron chi connectivity index (χ2n) is 6.04. The number of esters is 1. The summed E-state index contributed by atoms with van der Waals surface area (Å²) in [5.74, 6) is -1.17. The lowest BCUT2D eigenvalue weighted by molar-refractivity contribution is -0.145. The van der Waals surface area contributed by atoms with Crippen molar-refractivity contribution in [2.24, 2.45) is 5.92 Å². The summed E-state index contributed by atoms with van der Waals surface area (Å²) >= 11 is 0. The van der Waals surface area contributed by atoms with Crippen molar-refractivity contribution in [3.63, 3.8) is 0 Å². The molecule has 5 nitrogen and oxygen atoms in total. The number of hydrogen-bond acceptors (Lipinski definition) is 4. The zero-order valence-corrected chi connectivity index (χ0v) is 15.9. The molecule has 0 amide bonds. The molecule has 26 heavy (non-hydrogen) atoms. The molecule has 138 valence electrons. The van der Waals surface area contributed by atoms with Crippen LogP contribution in [0.4, 0.5) is 0 Å². The Balaban J connectivity index is 2.29. The highest BCUT2D eigenvalue weighted by Gasteiger charge is 2.27. The largest absolute Gasteiger partial charge is 0.469 e. The molecule has 0 saturated carbocycles. The van der Waals surface area contributed by atoms with Gasteiger partial charge in [0, 0.05) is 0 Å². The number of carbonyl (C=O) groups is 1. The first-order valence-electron chi connectivity index (χ1n) is 8.23. The quantitative estimate of drug-likeness (QED) is 0.757. The minimum Gasteiger partial charge on any atom is -0.469 e. The lowest BCUT2D eigenvalue weighted by atomic mass is 10.0. The highest BCUT2D eigenvalue weighted by molar-refractivity contribution is 7.89. The van der Waals surface area contributed by atoms with E-state index in [4.69, 9.17) is 4.74 Å². The molecule has 0 heterocycles. The highest BCUT2D eigenvalue weighted by Crippen LogP contribution is 2.16. The molecule has 0 aromatic heterocycles. The van der Waals surface area contributed by atoms with Gasteiger partial charge in [0.15, 0.2) is 0 Å². The number of aryl methyl sites for hydroxylation is 1. The molecule has 2 aromatic carbocycles. The number of carbonyl (C=O) groups excluding carboxylic acids is 1. The number of rotatable bonds is 7. The molecule has 0 spiro atoms. The van der Waals surface area contributed by atoms with Gasteiger partial charge in [-0.15, -0.1) is 0 Å². The minimum absolute atomic E-state index is 0.151. The second-order valence-corrected chi connectivity index (χ2v) is 7.76. The molecule has 0 unspecified atom stereocenters. The first kappa shape index (κ1) is 19.9. The van der Waals surface area contributed by atoms with E-state index in [1.807, 2.05) is 37.3 Å². The van der Waals surface area contributed by atoms with E-state index in [0.717, 1.165) is 11.1 Å². The fourth-order valence-corrected chi connectivity index (χ4v) is 3.66. The molecule has 0 aliphatic heterocycles. The summed E-state index contributed by atoms with van der Waals surface area (Å²) in [6, 6.07) is 15.2. The lowest BCUT2D eigenvalue weighted by Gasteiger charge is -2.20. The van der Waals surface area contributed by atoms with E-state index in [-0.39, 0.29) is 4.90 Å². The highest BCUT2D eigenvalue weighted by atomic mass is 32.2. The first-order valence-corrected chi connectivity index (χ1v) is 9.72. The third-order valence-corrected chi connectivity index (χ3v) is 5.50. The normalized spacial score (nSPS) is 14.1. The minimum atomic E-state index is -3.78. The lowest BCUT2D eigenvalue weighted by Crippen LogP contribution is -2.41. The summed E-state index contributed by atoms with van der Waals surface area (Å²) < 4.78 is 32.7. The number of hydrogen-bond donors (Lipinski definition) is 1. The standard InChI is InChI=1S/C20H23NO4S/c1-15-9-12-18(13-10-15)26(23,24)21-19(16(2)20(22)25-3)14-11-17-7-5-4-6-8-17/h4-14,16,19,21H,1-3H3/b14-11+/t16-,19+/m0/s1. The van der Waals surface area contributed by atoms with Crippen LogP contribution >= 0.6 is 0 Å². The fourth-order valence-electron chi connectivity index (χ4n) is 2.38. The van der Waals surface area contributed by atoms with Gasteiger partial charge in [-0.1, -0.05) is 67.1 Å². The van der Waals surface area contributed by atoms with Crippen LogP contribution in [0.3, 0.4) is 0 Å². The Morgan fingerprint density at radius 1 is 1.08 bits per heavy atom. The summed E-state index contributed by atoms with van der Waals surface area (Å²) in [5, 5.41) is 0. The maximum atomic E-state index is 12.7. The molecular weight excluding hydrogens is 350 g/mol. The van der Waals surface area contributed by atoms with Gasteiger partial charge >= 0.3 is 5.97 Å². The Bertz CT molecular complexity index is 858. The van der Waals surface area contributed by atoms with Crippen LogP contribution < -0.4 is 4.72 Å². The van der Waals surface area contributed by atoms with Gasteiger partial charge in [-0.2, -0.15) is 0 Å². The van der Waals surface area contributed by atoms with Gasteiger partial charge in [0.2, 0.25) is 10.0 Å². The van der Waals surface area contributed by atoms with Crippen LogP contribution in [0, 0.1) is 12.8 Å². The fraction of sp³-hybridized carbons (Fsp3) is 0.250. The molecular formula is C20H23NO4S. The van der Waals surface area contributed by atoms with Gasteiger partial charge < -0.3 is 4.74 Å². The molecule has 0 aliphatic carbocycles. The van der Waals surface area contributed by atoms with Crippen LogP contribution in [0.2, 0.25) is 0 Å². The number of nitrogens with one attached hydrogen (secondary N) is 1. The maximum absolute atomic E-state index is 12.7. The van der Waals surface area contributed by atoms with Crippen LogP contribution in [0.1, 0.15) is 18.1 Å². The zero-order chi connectivity index (χ0) is 19.2. The Morgan fingerprint density at radius 3 is 2.27 bits per heavy atom. The van der Waals surface area contributed by atoms with Gasteiger partial charge in [0.1, 0.15) is 0 Å². The third kappa shape index (κ3) is 5.28. The summed E-state index contributed by atoms with van der Waals surface area (Å²) in [6.07, 6.45) is 3.45. The third-order valence-electron chi connectivity index (χ3n) is 4.03. The van der Waals surface area contributed by atoms with Gasteiger partial charge in [0.25, 0.3) is 0 Å². The molecule has 2 rings (SSSR count). The second kappa shape index (κ2) is 8.78. The summed E-state index contributed by atoms with van der Waals surface area (Å²) in [7, 11) is -2.49. The Morgan fingerprint density at radius 2 is 1.69 bits per heavy atom. The average molecular weight is 373 g/mol. The van der Waals surface area contributed by atoms with Crippen molar-refractivity contribution in [1.29, 1.82) is 0 Å². The molecule has 0 bridgehead atoms. The van der Waals surface area contributed by atoms with Crippen molar-refractivity contribution in [2.45, 2.75) is 24.8 Å². The summed E-state index contributed by atoms with van der Waals surface area (Å²) in [5.41, 5.74) is 1.87. The molecule has 2 aromatic rings. The van der Waals surface area contributed by atoms with Crippen molar-refractivity contribution >= 4 is 22.1 Å². The molecule has 2 atom stereocenters. The van der Waals surface area contributed by atoms with Crippen molar-refractivity contribution in [3.05, 3.63) is 71.8 Å². The van der Waals surface area contributed by atoms with E-state index in [1.54, 1.807) is 43.3 Å². The van der Waals surface area contributed by atoms with Gasteiger partial charge in [0.05, 0.1) is 24.0 Å². The Hall–Kier alpha value is -2.44. The van der Waals surface area contributed by atoms with Crippen LogP contribution in [0.5, 0.6) is 0 Å². The molecule has 0 saturated heterocycles. The SMILES string of the molecule is COC(=O)[C@@H](C)[C@@H](/C=C/c1ccccc1)NS(=O)(=O)c1ccc(C)cc1. The van der Waals surface area contributed by atoms with Crippen molar-refractivity contribution in [2.75, 3.05) is 7.11 Å². The van der Waals surface area contributed by atoms with E-state index in [0.29, 0.717) is 0 Å². The molecule has 0 fully saturated rings. The maximum Gasteiger partial charge on any atom is 0.310 e. The van der Waals surface area contributed by atoms with Crippen molar-refractivity contribution in [1.82, 2.24) is 4.72 Å². The van der Waals surface area contributed by atoms with E-state index in [2.05, 4.69) is 4.72 Å². The first-order chi connectivity index (χ1) is 12.3. The molecule has 0 aliphatic rings. The monoisotopic (exact) mass is 373 g/mol. The van der Waals surface area contributed by atoms with Crippen molar-refractivity contribution < 1.29 is 17.9 Å². The predicted molar refractivity (Wildman–Crippen MR) is 102 cm³/mol. The number of benzene rings is 2.